The van der Waals surface area contributed by atoms with Crippen LogP contribution in [0.2, 0.25) is 0 Å². The van der Waals surface area contributed by atoms with E-state index in [4.69, 9.17) is 9.15 Å². The van der Waals surface area contributed by atoms with Crippen molar-refractivity contribution in [3.63, 3.8) is 0 Å². The van der Waals surface area contributed by atoms with Crippen molar-refractivity contribution in [2.45, 2.75) is 0 Å². The van der Waals surface area contributed by atoms with Crippen LogP contribution in [-0.4, -0.2) is 4.57 Å². The number of nitrogens with zero attached hydrogens (tertiary/aromatic N) is 2. The number of aromatic nitrogens is 1. The highest BCUT2D eigenvalue weighted by molar-refractivity contribution is 6.12. The maximum atomic E-state index is 6.89. The highest BCUT2D eigenvalue weighted by Crippen LogP contribution is 2.52. The molecule has 2 aromatic heterocycles. The fraction of sp³-hybridized carbons (Fsp3) is 0. The number of fused-ring (bicyclic) bond motifs is 10. The van der Waals surface area contributed by atoms with E-state index in [1.807, 2.05) is 12.1 Å². The van der Waals surface area contributed by atoms with Gasteiger partial charge in [0.15, 0.2) is 11.5 Å². The molecule has 13 rings (SSSR count). The molecule has 4 nitrogen and oxygen atoms in total. The van der Waals surface area contributed by atoms with Gasteiger partial charge in [0.25, 0.3) is 0 Å². The average Bonchev–Trinajstić information content (AvgIpc) is 3.84. The summed E-state index contributed by atoms with van der Waals surface area (Å²) in [6, 6.07) is 73.8. The van der Waals surface area contributed by atoms with E-state index >= 15 is 0 Å². The average molecular weight is 767 g/mol. The van der Waals surface area contributed by atoms with Crippen molar-refractivity contribution in [2.24, 2.45) is 0 Å². The van der Waals surface area contributed by atoms with Crippen LogP contribution in [0.5, 0.6) is 11.5 Å². The maximum Gasteiger partial charge on any atom is 0.152 e. The standard InChI is InChI=1S/C56H34N2O2/c1-2-12-43(13-3-1)57-51-26-22-40(37-19-18-35-10-4-5-11-36(35)28-37)32-55(51)60-56-33-41(23-27-52(56)57)38-21-25-50-47(30-38)45-14-6-8-16-49(45)58(50)44-24-20-39-31-48-46-15-7-9-17-53(46)59-54(48)34-42(39)29-44/h1-34H. The summed E-state index contributed by atoms with van der Waals surface area (Å²) in [5.74, 6) is 1.64. The lowest BCUT2D eigenvalue weighted by Gasteiger charge is -2.33. The van der Waals surface area contributed by atoms with E-state index in [1.54, 1.807) is 0 Å². The van der Waals surface area contributed by atoms with E-state index in [1.165, 1.54) is 32.4 Å². The molecular formula is C56H34N2O2. The van der Waals surface area contributed by atoms with Crippen LogP contribution in [0.25, 0.3) is 93.2 Å². The number of rotatable bonds is 4. The van der Waals surface area contributed by atoms with Crippen LogP contribution in [0, 0.1) is 0 Å². The molecule has 3 heterocycles. The molecular weight excluding hydrogens is 733 g/mol. The summed E-state index contributed by atoms with van der Waals surface area (Å²) in [4.78, 5) is 2.31. The van der Waals surface area contributed by atoms with Crippen molar-refractivity contribution in [1.82, 2.24) is 4.57 Å². The predicted molar refractivity (Wildman–Crippen MR) is 249 cm³/mol. The fourth-order valence-electron chi connectivity index (χ4n) is 9.42. The molecule has 10 aromatic carbocycles. The zero-order chi connectivity index (χ0) is 39.3. The molecule has 0 radical (unpaired) electrons. The highest BCUT2D eigenvalue weighted by Gasteiger charge is 2.27. The SMILES string of the molecule is c1ccc(N2c3ccc(-c4ccc5ccccc5c4)cc3Oc3cc(-c4ccc5c(c4)c4ccccc4n5-c4ccc5cc6c(cc5c4)oc4ccccc46)ccc32)cc1. The van der Waals surface area contributed by atoms with Crippen molar-refractivity contribution >= 4 is 82.4 Å². The van der Waals surface area contributed by atoms with Gasteiger partial charge in [-0.3, -0.25) is 0 Å². The topological polar surface area (TPSA) is 30.5 Å². The fourth-order valence-corrected chi connectivity index (χ4v) is 9.42. The van der Waals surface area contributed by atoms with E-state index in [-0.39, 0.29) is 0 Å². The number of hydrogen-bond donors (Lipinski definition) is 0. The Morgan fingerprint density at radius 1 is 0.317 bits per heavy atom. The van der Waals surface area contributed by atoms with Crippen molar-refractivity contribution < 1.29 is 9.15 Å². The molecule has 0 atom stereocenters. The van der Waals surface area contributed by atoms with E-state index in [0.29, 0.717) is 0 Å². The molecule has 280 valence electrons. The molecule has 4 heteroatoms. The summed E-state index contributed by atoms with van der Waals surface area (Å²) < 4.78 is 15.6. The zero-order valence-electron chi connectivity index (χ0n) is 32.3. The third-order valence-corrected chi connectivity index (χ3v) is 12.3. The molecule has 60 heavy (non-hydrogen) atoms. The molecule has 0 unspecified atom stereocenters. The third-order valence-electron chi connectivity index (χ3n) is 12.3. The summed E-state index contributed by atoms with van der Waals surface area (Å²) in [7, 11) is 0. The van der Waals surface area contributed by atoms with Gasteiger partial charge in [0.05, 0.1) is 22.4 Å². The number of benzene rings is 10. The van der Waals surface area contributed by atoms with Gasteiger partial charge < -0.3 is 18.6 Å². The van der Waals surface area contributed by atoms with Gasteiger partial charge in [-0.2, -0.15) is 0 Å². The highest BCUT2D eigenvalue weighted by atomic mass is 16.5. The molecule has 0 bridgehead atoms. The second-order valence-corrected chi connectivity index (χ2v) is 15.8. The minimum atomic E-state index is 0.816. The molecule has 0 spiro atoms. The summed E-state index contributed by atoms with van der Waals surface area (Å²) in [5, 5.41) is 9.48. The van der Waals surface area contributed by atoms with Gasteiger partial charge in [0.1, 0.15) is 11.2 Å². The quantitative estimate of drug-likeness (QED) is 0.179. The molecule has 0 N–H and O–H groups in total. The molecule has 1 aliphatic rings. The summed E-state index contributed by atoms with van der Waals surface area (Å²) in [6.45, 7) is 0. The predicted octanol–water partition coefficient (Wildman–Crippen LogP) is 15.9. The number of hydrogen-bond acceptors (Lipinski definition) is 3. The Kier molecular flexibility index (Phi) is 6.98. The second-order valence-electron chi connectivity index (χ2n) is 15.8. The van der Waals surface area contributed by atoms with E-state index < -0.39 is 0 Å². The van der Waals surface area contributed by atoms with Gasteiger partial charge in [-0.1, -0.05) is 115 Å². The van der Waals surface area contributed by atoms with Crippen LogP contribution in [-0.2, 0) is 0 Å². The van der Waals surface area contributed by atoms with Gasteiger partial charge in [-0.25, -0.2) is 0 Å². The molecule has 0 fully saturated rings. The Bertz CT molecular complexity index is 3710. The smallest absolute Gasteiger partial charge is 0.152 e. The van der Waals surface area contributed by atoms with E-state index in [2.05, 4.69) is 204 Å². The van der Waals surface area contributed by atoms with Gasteiger partial charge in [-0.15, -0.1) is 0 Å². The molecule has 12 aromatic rings. The Labute approximate surface area is 345 Å². The first-order valence-corrected chi connectivity index (χ1v) is 20.4. The number of anilines is 3. The Balaban J connectivity index is 0.918. The minimum Gasteiger partial charge on any atom is -0.456 e. The minimum absolute atomic E-state index is 0.816. The van der Waals surface area contributed by atoms with Crippen LogP contribution < -0.4 is 9.64 Å². The Morgan fingerprint density at radius 3 is 1.77 bits per heavy atom. The Hall–Kier alpha value is -8.08. The van der Waals surface area contributed by atoms with Gasteiger partial charge in [0, 0.05) is 32.9 Å². The molecule has 0 amide bonds. The largest absolute Gasteiger partial charge is 0.456 e. The van der Waals surface area contributed by atoms with E-state index in [9.17, 15) is 0 Å². The van der Waals surface area contributed by atoms with Crippen molar-refractivity contribution in [3.8, 4) is 39.4 Å². The Morgan fingerprint density at radius 2 is 0.933 bits per heavy atom. The van der Waals surface area contributed by atoms with Gasteiger partial charge in [-0.05, 0) is 135 Å². The van der Waals surface area contributed by atoms with E-state index in [0.717, 1.165) is 89.3 Å². The van der Waals surface area contributed by atoms with Crippen molar-refractivity contribution in [2.75, 3.05) is 4.90 Å². The van der Waals surface area contributed by atoms with Crippen LogP contribution in [0.1, 0.15) is 0 Å². The summed E-state index contributed by atoms with van der Waals surface area (Å²) in [5.41, 5.74) is 12.8. The lowest BCUT2D eigenvalue weighted by molar-refractivity contribution is 0.477. The van der Waals surface area contributed by atoms with Crippen molar-refractivity contribution in [3.05, 3.63) is 206 Å². The molecule has 1 aliphatic heterocycles. The molecule has 0 saturated heterocycles. The lowest BCUT2D eigenvalue weighted by atomic mass is 9.99. The molecule has 0 aliphatic carbocycles. The second kappa shape index (κ2) is 12.7. The van der Waals surface area contributed by atoms with Crippen LogP contribution in [0.3, 0.4) is 0 Å². The normalized spacial score (nSPS) is 12.4. The molecule has 0 saturated carbocycles. The zero-order valence-corrected chi connectivity index (χ0v) is 32.3. The maximum absolute atomic E-state index is 6.89. The summed E-state index contributed by atoms with van der Waals surface area (Å²) >= 11 is 0. The first-order valence-electron chi connectivity index (χ1n) is 20.4. The van der Waals surface area contributed by atoms with Crippen LogP contribution in [0.15, 0.2) is 211 Å². The lowest BCUT2D eigenvalue weighted by Crippen LogP contribution is -2.15. The number of ether oxygens (including phenoxy) is 1. The number of para-hydroxylation sites is 3. The van der Waals surface area contributed by atoms with Gasteiger partial charge in [0.2, 0.25) is 0 Å². The van der Waals surface area contributed by atoms with Crippen LogP contribution in [0.4, 0.5) is 17.1 Å². The number of furan rings is 1. The summed E-state index contributed by atoms with van der Waals surface area (Å²) in [6.07, 6.45) is 0. The first-order chi connectivity index (χ1) is 29.7. The first kappa shape index (κ1) is 32.9. The third kappa shape index (κ3) is 5.04. The van der Waals surface area contributed by atoms with Gasteiger partial charge >= 0.3 is 0 Å². The monoisotopic (exact) mass is 766 g/mol. The van der Waals surface area contributed by atoms with Crippen LogP contribution >= 0.6 is 0 Å². The van der Waals surface area contributed by atoms with Crippen molar-refractivity contribution in [1.29, 1.82) is 0 Å².